The van der Waals surface area contributed by atoms with E-state index in [1.54, 1.807) is 19.1 Å². The summed E-state index contributed by atoms with van der Waals surface area (Å²) in [5.74, 6) is -0.297. The third-order valence-corrected chi connectivity index (χ3v) is 3.52. The number of aromatic nitrogens is 2. The molecule has 1 heterocycles. The molecule has 1 aromatic carbocycles. The minimum atomic E-state index is -0.641. The maximum atomic E-state index is 12.0. The highest BCUT2D eigenvalue weighted by Crippen LogP contribution is 2.24. The normalized spacial score (nSPS) is 11.6. The molecule has 1 aromatic heterocycles. The average Bonchev–Trinajstić information content (AvgIpc) is 2.38. The van der Waals surface area contributed by atoms with Crippen LogP contribution in [0.3, 0.4) is 0 Å². The first-order chi connectivity index (χ1) is 9.75. The van der Waals surface area contributed by atoms with Gasteiger partial charge in [-0.1, -0.05) is 39.8 Å². The Morgan fingerprint density at radius 3 is 2.19 bits per heavy atom. The van der Waals surface area contributed by atoms with Crippen LogP contribution in [-0.2, 0) is 11.8 Å². The highest BCUT2D eigenvalue weighted by Gasteiger charge is 2.16. The van der Waals surface area contributed by atoms with Gasteiger partial charge in [-0.15, -0.1) is 0 Å². The molecule has 0 aliphatic rings. The van der Waals surface area contributed by atoms with Gasteiger partial charge in [-0.3, -0.25) is 9.78 Å². The van der Waals surface area contributed by atoms with Crippen LogP contribution < -0.4 is 11.2 Å². The van der Waals surface area contributed by atoms with Crippen LogP contribution in [0, 0.1) is 0 Å². The van der Waals surface area contributed by atoms with E-state index in [2.05, 4.69) is 25.8 Å². The number of nitrogens with zero attached hydrogens (tertiary/aromatic N) is 1. The fourth-order valence-electron chi connectivity index (χ4n) is 2.23. The molecule has 0 saturated heterocycles. The van der Waals surface area contributed by atoms with E-state index < -0.39 is 11.2 Å². The second-order valence-electron chi connectivity index (χ2n) is 6.05. The van der Waals surface area contributed by atoms with Crippen molar-refractivity contribution in [1.82, 2.24) is 9.55 Å². The lowest BCUT2D eigenvalue weighted by Gasteiger charge is -2.19. The molecule has 0 saturated carbocycles. The van der Waals surface area contributed by atoms with Crippen molar-refractivity contribution < 1.29 is 5.11 Å². The molecule has 21 heavy (non-hydrogen) atoms. The molecule has 5 heteroatoms. The number of H-pyrrole nitrogens is 1. The Labute approximate surface area is 122 Å². The van der Waals surface area contributed by atoms with E-state index in [1.807, 2.05) is 12.1 Å². The van der Waals surface area contributed by atoms with Crippen LogP contribution in [-0.4, -0.2) is 14.7 Å². The molecule has 5 nitrogen and oxygen atoms in total. The molecule has 0 fully saturated rings. The zero-order valence-electron chi connectivity index (χ0n) is 12.7. The molecule has 2 rings (SSSR count). The van der Waals surface area contributed by atoms with E-state index in [-0.39, 0.29) is 16.9 Å². The Bertz CT molecular complexity index is 762. The lowest BCUT2D eigenvalue weighted by Crippen LogP contribution is -2.31. The van der Waals surface area contributed by atoms with Crippen LogP contribution in [0.25, 0.3) is 5.69 Å². The van der Waals surface area contributed by atoms with Crippen molar-refractivity contribution >= 4 is 0 Å². The lowest BCUT2D eigenvalue weighted by molar-refractivity contribution is 0.423. The van der Waals surface area contributed by atoms with Crippen LogP contribution in [0.15, 0.2) is 33.9 Å². The number of aromatic hydroxyl groups is 1. The van der Waals surface area contributed by atoms with E-state index in [4.69, 9.17) is 0 Å². The Balaban J connectivity index is 2.63. The Morgan fingerprint density at radius 1 is 1.14 bits per heavy atom. The second-order valence-corrected chi connectivity index (χ2v) is 6.05. The molecule has 0 bridgehead atoms. The number of rotatable bonds is 2. The molecular formula is C16H20N2O3. The highest BCUT2D eigenvalue weighted by molar-refractivity contribution is 5.41. The number of benzene rings is 1. The van der Waals surface area contributed by atoms with E-state index >= 15 is 0 Å². The quantitative estimate of drug-likeness (QED) is 0.888. The molecular weight excluding hydrogens is 268 g/mol. The van der Waals surface area contributed by atoms with Gasteiger partial charge in [-0.05, 0) is 29.5 Å². The summed E-state index contributed by atoms with van der Waals surface area (Å²) in [4.78, 5) is 25.8. The first-order valence-corrected chi connectivity index (χ1v) is 6.93. The summed E-state index contributed by atoms with van der Waals surface area (Å²) in [5.41, 5.74) is 0.677. The first-order valence-electron chi connectivity index (χ1n) is 6.93. The Hall–Kier alpha value is -2.30. The summed E-state index contributed by atoms with van der Waals surface area (Å²) in [6.45, 7) is 8.05. The van der Waals surface area contributed by atoms with Crippen LogP contribution in [0.4, 0.5) is 0 Å². The first kappa shape index (κ1) is 15.1. The topological polar surface area (TPSA) is 75.1 Å². The van der Waals surface area contributed by atoms with Gasteiger partial charge in [0.25, 0.3) is 5.56 Å². The van der Waals surface area contributed by atoms with Gasteiger partial charge in [-0.25, -0.2) is 9.36 Å². The second kappa shape index (κ2) is 5.24. The zero-order chi connectivity index (χ0) is 15.8. The molecule has 0 unspecified atom stereocenters. The largest absolute Gasteiger partial charge is 0.494 e. The third-order valence-electron chi connectivity index (χ3n) is 3.52. The highest BCUT2D eigenvalue weighted by atomic mass is 16.3. The maximum Gasteiger partial charge on any atom is 0.335 e. The van der Waals surface area contributed by atoms with Gasteiger partial charge in [0, 0.05) is 0 Å². The number of nitrogens with one attached hydrogen (secondary N) is 1. The lowest BCUT2D eigenvalue weighted by atomic mass is 9.87. The van der Waals surface area contributed by atoms with Crippen molar-refractivity contribution in [3.05, 3.63) is 56.2 Å². The van der Waals surface area contributed by atoms with Crippen LogP contribution in [0.2, 0.25) is 0 Å². The van der Waals surface area contributed by atoms with Crippen LogP contribution in [0.1, 0.15) is 38.8 Å². The third kappa shape index (κ3) is 2.77. The molecule has 2 aromatic rings. The van der Waals surface area contributed by atoms with E-state index in [0.717, 1.165) is 10.1 Å². The van der Waals surface area contributed by atoms with Crippen molar-refractivity contribution in [1.29, 1.82) is 0 Å². The maximum absolute atomic E-state index is 12.0. The fraction of sp³-hybridized carbons (Fsp3) is 0.375. The Kier molecular flexibility index (Phi) is 3.77. The predicted octanol–water partition coefficient (Wildman–Crippen LogP) is 2.09. The molecule has 2 N–H and O–H groups in total. The number of aromatic amines is 1. The minimum Gasteiger partial charge on any atom is -0.494 e. The van der Waals surface area contributed by atoms with Gasteiger partial charge in [-0.2, -0.15) is 0 Å². The van der Waals surface area contributed by atoms with Gasteiger partial charge in [0.2, 0.25) is 5.88 Å². The summed E-state index contributed by atoms with van der Waals surface area (Å²) < 4.78 is 1.12. The van der Waals surface area contributed by atoms with E-state index in [1.165, 1.54) is 0 Å². The van der Waals surface area contributed by atoms with Gasteiger partial charge in [0.1, 0.15) is 0 Å². The summed E-state index contributed by atoms with van der Waals surface area (Å²) in [7, 11) is 0. The summed E-state index contributed by atoms with van der Waals surface area (Å²) >= 11 is 0. The van der Waals surface area contributed by atoms with Crippen LogP contribution in [0.5, 0.6) is 5.88 Å². The summed E-state index contributed by atoms with van der Waals surface area (Å²) in [5, 5.41) is 10.2. The van der Waals surface area contributed by atoms with Crippen LogP contribution >= 0.6 is 0 Å². The van der Waals surface area contributed by atoms with Gasteiger partial charge in [0.15, 0.2) is 0 Å². The molecule has 0 spiro atoms. The van der Waals surface area contributed by atoms with Crippen molar-refractivity contribution in [3.63, 3.8) is 0 Å². The average molecular weight is 288 g/mol. The van der Waals surface area contributed by atoms with Gasteiger partial charge >= 0.3 is 5.69 Å². The predicted molar refractivity (Wildman–Crippen MR) is 82.4 cm³/mol. The van der Waals surface area contributed by atoms with Crippen molar-refractivity contribution in [2.75, 3.05) is 0 Å². The minimum absolute atomic E-state index is 0.00508. The summed E-state index contributed by atoms with van der Waals surface area (Å²) in [6, 6.07) is 7.36. The van der Waals surface area contributed by atoms with Gasteiger partial charge < -0.3 is 5.11 Å². The Morgan fingerprint density at radius 2 is 1.71 bits per heavy atom. The molecule has 0 radical (unpaired) electrons. The van der Waals surface area contributed by atoms with Crippen molar-refractivity contribution in [3.8, 4) is 11.6 Å². The zero-order valence-corrected chi connectivity index (χ0v) is 12.7. The fourth-order valence-corrected chi connectivity index (χ4v) is 2.23. The molecule has 112 valence electrons. The monoisotopic (exact) mass is 288 g/mol. The molecule has 0 aliphatic carbocycles. The molecule has 0 aliphatic heterocycles. The number of hydrogen-bond acceptors (Lipinski definition) is 3. The SMILES string of the molecule is CCc1c(O)n(-c2ccc(C(C)(C)C)cc2)c(=O)[nH]c1=O. The van der Waals surface area contributed by atoms with Crippen molar-refractivity contribution in [2.24, 2.45) is 0 Å². The standard InChI is InChI=1S/C16H20N2O3/c1-5-12-13(19)17-15(21)18(14(12)20)11-8-6-10(7-9-11)16(2,3)4/h6-9,20H,5H2,1-4H3,(H,17,19,21). The van der Waals surface area contributed by atoms with E-state index in [0.29, 0.717) is 12.1 Å². The summed E-state index contributed by atoms with van der Waals surface area (Å²) in [6.07, 6.45) is 0.349. The molecule has 0 amide bonds. The molecule has 0 atom stereocenters. The van der Waals surface area contributed by atoms with E-state index in [9.17, 15) is 14.7 Å². The van der Waals surface area contributed by atoms with Crippen molar-refractivity contribution in [2.45, 2.75) is 39.5 Å². The smallest absolute Gasteiger partial charge is 0.335 e. The van der Waals surface area contributed by atoms with Gasteiger partial charge in [0.05, 0.1) is 11.3 Å². The number of hydrogen-bond donors (Lipinski definition) is 2.